The van der Waals surface area contributed by atoms with Crippen LogP contribution < -0.4 is 15.5 Å². The van der Waals surface area contributed by atoms with Gasteiger partial charge in [0.25, 0.3) is 0 Å². The second-order valence-electron chi connectivity index (χ2n) is 10.3. The number of rotatable bonds is 8. The first-order valence-electron chi connectivity index (χ1n) is 13.9. The highest BCUT2D eigenvalue weighted by Crippen LogP contribution is 2.42. The van der Waals surface area contributed by atoms with Crippen LogP contribution >= 0.6 is 0 Å². The fraction of sp³-hybridized carbons (Fsp3) is 0.433. The highest BCUT2D eigenvalue weighted by Gasteiger charge is 2.39. The Balaban J connectivity index is 1.30. The van der Waals surface area contributed by atoms with Gasteiger partial charge in [0.15, 0.2) is 6.29 Å². The van der Waals surface area contributed by atoms with Gasteiger partial charge in [0.05, 0.1) is 18.8 Å². The molecule has 2 aromatic carbocycles. The molecule has 0 radical (unpaired) electrons. The molecule has 0 bridgehead atoms. The van der Waals surface area contributed by atoms with Gasteiger partial charge < -0.3 is 30.1 Å². The van der Waals surface area contributed by atoms with Gasteiger partial charge in [0.1, 0.15) is 0 Å². The van der Waals surface area contributed by atoms with Crippen LogP contribution in [0.3, 0.4) is 0 Å². The Morgan fingerprint density at radius 1 is 0.975 bits per heavy atom. The molecule has 2 saturated heterocycles. The predicted molar refractivity (Wildman–Crippen MR) is 153 cm³/mol. The molecule has 2 amide bonds. The van der Waals surface area contributed by atoms with Gasteiger partial charge in [0, 0.05) is 68.8 Å². The van der Waals surface area contributed by atoms with E-state index in [0.717, 1.165) is 55.4 Å². The molecule has 0 saturated carbocycles. The average molecular weight is 547 g/mol. The Morgan fingerprint density at radius 3 is 2.30 bits per heavy atom. The summed E-state index contributed by atoms with van der Waals surface area (Å²) in [5.74, 6) is 0.875. The molecular formula is C30H38N6O4. The number of amides is 2. The zero-order valence-corrected chi connectivity index (χ0v) is 23.1. The van der Waals surface area contributed by atoms with Crippen LogP contribution in [-0.2, 0) is 16.1 Å². The van der Waals surface area contributed by atoms with Crippen LogP contribution in [0.1, 0.15) is 42.9 Å². The zero-order chi connectivity index (χ0) is 27.9. The van der Waals surface area contributed by atoms with E-state index in [9.17, 15) is 9.90 Å². The molecule has 40 heavy (non-hydrogen) atoms. The monoisotopic (exact) mass is 546 g/mol. The number of aliphatic hydroxyl groups excluding tert-OH is 1. The minimum absolute atomic E-state index is 0.00633. The van der Waals surface area contributed by atoms with Gasteiger partial charge in [-0.1, -0.05) is 43.3 Å². The number of aliphatic hydroxyl groups is 1. The van der Waals surface area contributed by atoms with Crippen molar-refractivity contribution in [1.82, 2.24) is 20.2 Å². The summed E-state index contributed by atoms with van der Waals surface area (Å²) in [6, 6.07) is 17.1. The van der Waals surface area contributed by atoms with Crippen molar-refractivity contribution >= 4 is 17.7 Å². The molecule has 10 nitrogen and oxygen atoms in total. The molecule has 0 aliphatic carbocycles. The Hall–Kier alpha value is -3.57. The maximum atomic E-state index is 11.9. The van der Waals surface area contributed by atoms with Gasteiger partial charge in [-0.15, -0.1) is 0 Å². The number of hydrogen-bond donors (Lipinski definition) is 3. The summed E-state index contributed by atoms with van der Waals surface area (Å²) >= 11 is 0. The Kier molecular flexibility index (Phi) is 9.22. The van der Waals surface area contributed by atoms with E-state index in [4.69, 9.17) is 9.47 Å². The lowest BCUT2D eigenvalue weighted by molar-refractivity contribution is -0.276. The third kappa shape index (κ3) is 6.76. The van der Waals surface area contributed by atoms with Crippen molar-refractivity contribution < 1.29 is 19.4 Å². The van der Waals surface area contributed by atoms with Crippen LogP contribution in [0.2, 0.25) is 0 Å². The summed E-state index contributed by atoms with van der Waals surface area (Å²) < 4.78 is 13.2. The Bertz CT molecular complexity index is 1220. The number of nitrogens with zero attached hydrogens (tertiary/aromatic N) is 4. The number of nitrogens with one attached hydrogen (secondary N) is 2. The predicted octanol–water partition coefficient (Wildman–Crippen LogP) is 3.72. The number of carbonyl (C=O) groups is 1. The molecule has 10 heteroatoms. The molecule has 4 atom stereocenters. The van der Waals surface area contributed by atoms with Gasteiger partial charge in [-0.05, 0) is 36.2 Å². The van der Waals surface area contributed by atoms with Crippen molar-refractivity contribution in [2.75, 3.05) is 49.5 Å². The largest absolute Gasteiger partial charge is 0.392 e. The molecule has 2 aliphatic rings. The van der Waals surface area contributed by atoms with E-state index >= 15 is 0 Å². The summed E-state index contributed by atoms with van der Waals surface area (Å²) in [6.45, 7) is 8.91. The molecule has 0 spiro atoms. The van der Waals surface area contributed by atoms with E-state index in [0.29, 0.717) is 12.2 Å². The number of hydrogen-bond acceptors (Lipinski definition) is 8. The minimum Gasteiger partial charge on any atom is -0.392 e. The maximum absolute atomic E-state index is 11.9. The molecule has 2 aliphatic heterocycles. The van der Waals surface area contributed by atoms with Gasteiger partial charge >= 0.3 is 6.03 Å². The quantitative estimate of drug-likeness (QED) is 0.392. The van der Waals surface area contributed by atoms with Crippen molar-refractivity contribution in [3.05, 3.63) is 83.7 Å². The van der Waals surface area contributed by atoms with E-state index in [1.165, 1.54) is 0 Å². The third-order valence-corrected chi connectivity index (χ3v) is 7.55. The third-order valence-electron chi connectivity index (χ3n) is 7.55. The van der Waals surface area contributed by atoms with Crippen LogP contribution in [0.5, 0.6) is 0 Å². The van der Waals surface area contributed by atoms with Gasteiger partial charge in [-0.2, -0.15) is 0 Å². The molecular weight excluding hydrogens is 508 g/mol. The lowest BCUT2D eigenvalue weighted by Gasteiger charge is -2.44. The lowest BCUT2D eigenvalue weighted by atomic mass is 9.90. The summed E-state index contributed by atoms with van der Waals surface area (Å²) in [4.78, 5) is 25.4. The fourth-order valence-electron chi connectivity index (χ4n) is 5.23. The van der Waals surface area contributed by atoms with Crippen molar-refractivity contribution in [3.8, 4) is 0 Å². The summed E-state index contributed by atoms with van der Waals surface area (Å²) in [5.41, 5.74) is 3.52. The van der Waals surface area contributed by atoms with Crippen LogP contribution in [-0.4, -0.2) is 71.4 Å². The van der Waals surface area contributed by atoms with Gasteiger partial charge in [-0.3, -0.25) is 4.90 Å². The molecule has 2 fully saturated rings. The van der Waals surface area contributed by atoms with Crippen molar-refractivity contribution in [2.24, 2.45) is 5.92 Å². The number of piperazine rings is 1. The first-order valence-corrected chi connectivity index (χ1v) is 13.9. The molecule has 3 aromatic rings. The second kappa shape index (κ2) is 13.2. The first-order chi connectivity index (χ1) is 19.5. The molecule has 212 valence electrons. The number of aromatic nitrogens is 2. The average Bonchev–Trinajstić information content (AvgIpc) is 2.99. The van der Waals surface area contributed by atoms with Crippen LogP contribution in [0.4, 0.5) is 16.4 Å². The summed E-state index contributed by atoms with van der Waals surface area (Å²) in [6.07, 6.45) is 2.77. The highest BCUT2D eigenvalue weighted by atomic mass is 16.7. The molecule has 3 N–H and O–H groups in total. The van der Waals surface area contributed by atoms with E-state index in [2.05, 4.69) is 37.3 Å². The fourth-order valence-corrected chi connectivity index (χ4v) is 5.23. The topological polar surface area (TPSA) is 112 Å². The van der Waals surface area contributed by atoms with Crippen molar-refractivity contribution in [2.45, 2.75) is 39.0 Å². The van der Waals surface area contributed by atoms with E-state index in [1.807, 2.05) is 61.5 Å². The second-order valence-corrected chi connectivity index (χ2v) is 10.3. The maximum Gasteiger partial charge on any atom is 0.319 e. The molecule has 5 rings (SSSR count). The van der Waals surface area contributed by atoms with Gasteiger partial charge in [0.2, 0.25) is 5.95 Å². The number of ether oxygens (including phenoxy) is 2. The smallest absolute Gasteiger partial charge is 0.319 e. The molecule has 3 heterocycles. The standard InChI is InChI=1S/C30H38N6O4/c1-3-31-30(38)34-25-11-9-24(10-12-25)28-39-26(21(2)27(40-28)23-7-5-22(20-37)6-8-23)19-35-15-17-36(18-16-35)29-32-13-4-14-33-29/h4-14,21,26-28,37H,3,15-20H2,1-2H3,(H2,31,34,38). The number of anilines is 2. The zero-order valence-electron chi connectivity index (χ0n) is 23.1. The van der Waals surface area contributed by atoms with Crippen molar-refractivity contribution in [3.63, 3.8) is 0 Å². The van der Waals surface area contributed by atoms with E-state index in [-0.39, 0.29) is 30.8 Å². The summed E-state index contributed by atoms with van der Waals surface area (Å²) in [7, 11) is 0. The molecule has 1 aromatic heterocycles. The van der Waals surface area contributed by atoms with E-state index in [1.54, 1.807) is 12.4 Å². The Labute approximate surface area is 235 Å². The number of benzene rings is 2. The number of carbonyl (C=O) groups excluding carboxylic acids is 1. The number of urea groups is 1. The lowest BCUT2D eigenvalue weighted by Crippen LogP contribution is -2.51. The first kappa shape index (κ1) is 28.0. The van der Waals surface area contributed by atoms with Crippen LogP contribution in [0.25, 0.3) is 0 Å². The van der Waals surface area contributed by atoms with Crippen LogP contribution in [0.15, 0.2) is 67.0 Å². The summed E-state index contributed by atoms with van der Waals surface area (Å²) in [5, 5.41) is 15.1. The minimum atomic E-state index is -0.554. The normalized spacial score (nSPS) is 23.5. The highest BCUT2D eigenvalue weighted by molar-refractivity contribution is 5.89. The van der Waals surface area contributed by atoms with Crippen LogP contribution in [0, 0.1) is 5.92 Å². The van der Waals surface area contributed by atoms with Gasteiger partial charge in [-0.25, -0.2) is 14.8 Å². The Morgan fingerprint density at radius 2 is 1.65 bits per heavy atom. The SMILES string of the molecule is CCNC(=O)Nc1ccc(C2OC(CN3CCN(c4ncccn4)CC3)C(C)C(c3ccc(CO)cc3)O2)cc1. The van der Waals surface area contributed by atoms with E-state index < -0.39 is 6.29 Å². The van der Waals surface area contributed by atoms with Crippen molar-refractivity contribution in [1.29, 1.82) is 0 Å². The molecule has 4 unspecified atom stereocenters.